The standard InChI is InChI=1S/C27H35ClN4O2/c1-5-19(3)32(20(4)6-2)26(33)18-31-24-11-8-7-10-23(24)30-25(31)12-9-17-29-27(34)21-13-15-22(28)16-14-21/h7-8,10-11,13-16,19-20H,5-6,9,12,17-18H2,1-4H3,(H,29,34). The highest BCUT2D eigenvalue weighted by Gasteiger charge is 2.25. The minimum Gasteiger partial charge on any atom is -0.352 e. The maximum Gasteiger partial charge on any atom is 0.251 e. The molecule has 2 atom stereocenters. The number of nitrogens with one attached hydrogen (secondary N) is 1. The number of aryl methyl sites for hydroxylation is 1. The molecule has 182 valence electrons. The normalized spacial score (nSPS) is 13.0. The number of imidazole rings is 1. The van der Waals surface area contributed by atoms with Gasteiger partial charge in [0.2, 0.25) is 5.91 Å². The fraction of sp³-hybridized carbons (Fsp3) is 0.444. The second-order valence-corrected chi connectivity index (χ2v) is 9.22. The molecule has 2 aromatic carbocycles. The van der Waals surface area contributed by atoms with Crippen molar-refractivity contribution in [2.45, 2.75) is 72.0 Å². The summed E-state index contributed by atoms with van der Waals surface area (Å²) < 4.78 is 2.04. The lowest BCUT2D eigenvalue weighted by Gasteiger charge is -2.34. The molecule has 1 aromatic heterocycles. The summed E-state index contributed by atoms with van der Waals surface area (Å²) >= 11 is 5.90. The fourth-order valence-corrected chi connectivity index (χ4v) is 4.31. The van der Waals surface area contributed by atoms with Crippen molar-refractivity contribution in [1.82, 2.24) is 19.8 Å². The number of nitrogens with zero attached hydrogens (tertiary/aromatic N) is 3. The highest BCUT2D eigenvalue weighted by Crippen LogP contribution is 2.20. The zero-order valence-corrected chi connectivity index (χ0v) is 21.3. The molecule has 6 nitrogen and oxygen atoms in total. The van der Waals surface area contributed by atoms with Crippen LogP contribution < -0.4 is 5.32 Å². The molecule has 0 saturated carbocycles. The summed E-state index contributed by atoms with van der Waals surface area (Å²) in [6.45, 7) is 9.24. The largest absolute Gasteiger partial charge is 0.352 e. The molecule has 0 aliphatic rings. The molecule has 2 unspecified atom stereocenters. The minimum absolute atomic E-state index is 0.115. The number of hydrogen-bond acceptors (Lipinski definition) is 3. The van der Waals surface area contributed by atoms with Crippen LogP contribution in [0.25, 0.3) is 11.0 Å². The van der Waals surface area contributed by atoms with Crippen molar-refractivity contribution in [3.05, 3.63) is 64.9 Å². The van der Waals surface area contributed by atoms with Crippen molar-refractivity contribution >= 4 is 34.4 Å². The lowest BCUT2D eigenvalue weighted by molar-refractivity contribution is -0.136. The highest BCUT2D eigenvalue weighted by molar-refractivity contribution is 6.30. The summed E-state index contributed by atoms with van der Waals surface area (Å²) in [6, 6.07) is 15.1. The molecule has 3 rings (SSSR count). The molecule has 7 heteroatoms. The topological polar surface area (TPSA) is 67.2 Å². The van der Waals surface area contributed by atoms with E-state index >= 15 is 0 Å². The van der Waals surface area contributed by atoms with E-state index in [1.54, 1.807) is 24.3 Å². The van der Waals surface area contributed by atoms with E-state index in [0.717, 1.165) is 36.1 Å². The lowest BCUT2D eigenvalue weighted by Crippen LogP contribution is -2.45. The molecule has 1 heterocycles. The highest BCUT2D eigenvalue weighted by atomic mass is 35.5. The van der Waals surface area contributed by atoms with Crippen LogP contribution in [-0.4, -0.2) is 44.9 Å². The molecule has 34 heavy (non-hydrogen) atoms. The molecular formula is C27H35ClN4O2. The monoisotopic (exact) mass is 482 g/mol. The first-order chi connectivity index (χ1) is 16.3. The van der Waals surface area contributed by atoms with Gasteiger partial charge in [-0.05, 0) is 69.5 Å². The van der Waals surface area contributed by atoms with Crippen molar-refractivity contribution in [2.75, 3.05) is 6.54 Å². The summed E-state index contributed by atoms with van der Waals surface area (Å²) in [5.41, 5.74) is 2.43. The minimum atomic E-state index is -0.127. The molecular weight excluding hydrogens is 448 g/mol. The first-order valence-electron chi connectivity index (χ1n) is 12.1. The van der Waals surface area contributed by atoms with E-state index in [0.29, 0.717) is 23.6 Å². The van der Waals surface area contributed by atoms with Crippen molar-refractivity contribution in [1.29, 1.82) is 0 Å². The van der Waals surface area contributed by atoms with Crippen LogP contribution in [0.1, 0.15) is 63.1 Å². The van der Waals surface area contributed by atoms with Gasteiger partial charge < -0.3 is 14.8 Å². The number of aromatic nitrogens is 2. The van der Waals surface area contributed by atoms with Gasteiger partial charge in [-0.3, -0.25) is 9.59 Å². The summed E-state index contributed by atoms with van der Waals surface area (Å²) in [5.74, 6) is 0.853. The second kappa shape index (κ2) is 12.0. The summed E-state index contributed by atoms with van der Waals surface area (Å²) in [5, 5.41) is 3.55. The van der Waals surface area contributed by atoms with E-state index in [-0.39, 0.29) is 30.4 Å². The van der Waals surface area contributed by atoms with Gasteiger partial charge in [0.05, 0.1) is 11.0 Å². The molecule has 0 radical (unpaired) electrons. The SMILES string of the molecule is CCC(C)N(C(=O)Cn1c(CCCNC(=O)c2ccc(Cl)cc2)nc2ccccc21)C(C)CC. The smallest absolute Gasteiger partial charge is 0.251 e. The second-order valence-electron chi connectivity index (χ2n) is 8.78. The van der Waals surface area contributed by atoms with Crippen molar-refractivity contribution < 1.29 is 9.59 Å². The van der Waals surface area contributed by atoms with E-state index in [1.807, 2.05) is 33.7 Å². The van der Waals surface area contributed by atoms with Crippen molar-refractivity contribution in [3.8, 4) is 0 Å². The van der Waals surface area contributed by atoms with Crippen LogP contribution in [0.2, 0.25) is 5.02 Å². The summed E-state index contributed by atoms with van der Waals surface area (Å²) in [6.07, 6.45) is 3.22. The van der Waals surface area contributed by atoms with E-state index in [1.165, 1.54) is 0 Å². The maximum absolute atomic E-state index is 13.4. The van der Waals surface area contributed by atoms with Gasteiger partial charge in [0.15, 0.2) is 0 Å². The molecule has 0 saturated heterocycles. The molecule has 0 aliphatic heterocycles. The van der Waals surface area contributed by atoms with E-state index in [2.05, 4.69) is 33.0 Å². The molecule has 0 fully saturated rings. The van der Waals surface area contributed by atoms with E-state index in [9.17, 15) is 9.59 Å². The Hall–Kier alpha value is -2.86. The van der Waals surface area contributed by atoms with Gasteiger partial charge in [-0.25, -0.2) is 4.98 Å². The number of benzene rings is 2. The maximum atomic E-state index is 13.4. The van der Waals surface area contributed by atoms with Crippen LogP contribution in [0.5, 0.6) is 0 Å². The van der Waals surface area contributed by atoms with Gasteiger partial charge in [-0.1, -0.05) is 37.6 Å². The van der Waals surface area contributed by atoms with Crippen LogP contribution >= 0.6 is 11.6 Å². The van der Waals surface area contributed by atoms with Crippen molar-refractivity contribution in [2.24, 2.45) is 0 Å². The van der Waals surface area contributed by atoms with Crippen LogP contribution in [0.4, 0.5) is 0 Å². The van der Waals surface area contributed by atoms with Crippen LogP contribution in [0, 0.1) is 0 Å². The summed E-state index contributed by atoms with van der Waals surface area (Å²) in [7, 11) is 0. The quantitative estimate of drug-likeness (QED) is 0.368. The fourth-order valence-electron chi connectivity index (χ4n) is 4.18. The Bertz CT molecular complexity index is 1100. The van der Waals surface area contributed by atoms with Gasteiger partial charge in [-0.15, -0.1) is 0 Å². The molecule has 0 bridgehead atoms. The van der Waals surface area contributed by atoms with Gasteiger partial charge >= 0.3 is 0 Å². The Labute approximate surface area is 207 Å². The number of amides is 2. The van der Waals surface area contributed by atoms with Crippen LogP contribution in [-0.2, 0) is 17.8 Å². The Balaban J connectivity index is 1.71. The Morgan fingerprint density at radius 1 is 1.03 bits per heavy atom. The average Bonchev–Trinajstić information content (AvgIpc) is 3.19. The Morgan fingerprint density at radius 2 is 1.68 bits per heavy atom. The zero-order chi connectivity index (χ0) is 24.7. The number of fused-ring (bicyclic) bond motifs is 1. The van der Waals surface area contributed by atoms with Crippen molar-refractivity contribution in [3.63, 3.8) is 0 Å². The van der Waals surface area contributed by atoms with E-state index < -0.39 is 0 Å². The molecule has 3 aromatic rings. The zero-order valence-electron chi connectivity index (χ0n) is 20.6. The third-order valence-corrected chi connectivity index (χ3v) is 6.67. The first-order valence-corrected chi connectivity index (χ1v) is 12.5. The molecule has 2 amide bonds. The summed E-state index contributed by atoms with van der Waals surface area (Å²) in [4.78, 5) is 32.6. The van der Waals surface area contributed by atoms with Crippen LogP contribution in [0.3, 0.4) is 0 Å². The molecule has 1 N–H and O–H groups in total. The predicted octanol–water partition coefficient (Wildman–Crippen LogP) is 5.48. The number of carbonyl (C=O) groups is 2. The number of rotatable bonds is 11. The third kappa shape index (κ3) is 6.17. The Kier molecular flexibility index (Phi) is 9.11. The number of halogens is 1. The predicted molar refractivity (Wildman–Crippen MR) is 138 cm³/mol. The number of hydrogen-bond donors (Lipinski definition) is 1. The van der Waals surface area contributed by atoms with E-state index in [4.69, 9.17) is 16.6 Å². The Morgan fingerprint density at radius 3 is 2.32 bits per heavy atom. The number of carbonyl (C=O) groups excluding carboxylic acids is 2. The molecule has 0 aliphatic carbocycles. The number of para-hydroxylation sites is 2. The molecule has 0 spiro atoms. The van der Waals surface area contributed by atoms with Gasteiger partial charge in [0.1, 0.15) is 12.4 Å². The van der Waals surface area contributed by atoms with Gasteiger partial charge in [0.25, 0.3) is 5.91 Å². The third-order valence-electron chi connectivity index (χ3n) is 6.42. The first kappa shape index (κ1) is 25.8. The average molecular weight is 483 g/mol. The van der Waals surface area contributed by atoms with Gasteiger partial charge in [0, 0.05) is 35.6 Å². The van der Waals surface area contributed by atoms with Crippen LogP contribution in [0.15, 0.2) is 48.5 Å². The lowest BCUT2D eigenvalue weighted by atomic mass is 10.1. The van der Waals surface area contributed by atoms with Gasteiger partial charge in [-0.2, -0.15) is 0 Å².